The topological polar surface area (TPSA) is 37.0 Å². The molecule has 0 spiro atoms. The fraction of sp³-hybridized carbons (Fsp3) is 1.00. The van der Waals surface area contributed by atoms with Gasteiger partial charge in [-0.25, -0.2) is 20.9 Å². The summed E-state index contributed by atoms with van der Waals surface area (Å²) in [6, 6.07) is 0. The standard InChI is InChI=1S/C8H20N6S2/c1-11-5-13(3)9-7(11)15-16-8-10-14(4)6-12(8)2/h7-10H,5-6H2,1-4H3. The molecule has 2 atom stereocenters. The lowest BCUT2D eigenvalue weighted by molar-refractivity contribution is 0.283. The third-order valence-electron chi connectivity index (χ3n) is 2.57. The molecule has 2 fully saturated rings. The molecule has 0 radical (unpaired) electrons. The third-order valence-corrected chi connectivity index (χ3v) is 5.40. The molecule has 0 aromatic heterocycles. The van der Waals surface area contributed by atoms with Crippen molar-refractivity contribution in [1.29, 1.82) is 0 Å². The molecule has 16 heavy (non-hydrogen) atoms. The van der Waals surface area contributed by atoms with Gasteiger partial charge in [-0.15, -0.1) is 0 Å². The van der Waals surface area contributed by atoms with Gasteiger partial charge in [0.05, 0.1) is 13.3 Å². The molecule has 0 aromatic rings. The Kier molecular flexibility index (Phi) is 4.36. The van der Waals surface area contributed by atoms with Crippen LogP contribution >= 0.6 is 21.6 Å². The summed E-state index contributed by atoms with van der Waals surface area (Å²) in [5.41, 5.74) is 7.51. The zero-order chi connectivity index (χ0) is 11.7. The highest BCUT2D eigenvalue weighted by molar-refractivity contribution is 8.77. The maximum atomic E-state index is 3.40. The molecule has 0 saturated carbocycles. The van der Waals surface area contributed by atoms with Crippen molar-refractivity contribution in [2.75, 3.05) is 41.5 Å². The maximum absolute atomic E-state index is 3.40. The Morgan fingerprint density at radius 3 is 1.44 bits per heavy atom. The Hall–Kier alpha value is 0.460. The quantitative estimate of drug-likeness (QED) is 0.668. The summed E-state index contributed by atoms with van der Waals surface area (Å²) in [4.78, 5) is 4.58. The van der Waals surface area contributed by atoms with Crippen LogP contribution in [0.5, 0.6) is 0 Å². The number of hydrazine groups is 2. The number of hydrogen-bond donors (Lipinski definition) is 2. The Balaban J connectivity index is 1.75. The molecule has 0 aliphatic carbocycles. The van der Waals surface area contributed by atoms with Crippen molar-refractivity contribution in [1.82, 2.24) is 30.7 Å². The minimum absolute atomic E-state index is 0.358. The second-order valence-electron chi connectivity index (χ2n) is 4.35. The SMILES string of the molecule is CN1CN(C)C(SSC2NN(C)CN2C)N1. The normalized spacial score (nSPS) is 35.2. The van der Waals surface area contributed by atoms with E-state index in [0.29, 0.717) is 11.0 Å². The summed E-state index contributed by atoms with van der Waals surface area (Å²) in [5, 5.41) is 4.21. The summed E-state index contributed by atoms with van der Waals surface area (Å²) in [7, 11) is 12.1. The van der Waals surface area contributed by atoms with E-state index < -0.39 is 0 Å². The minimum atomic E-state index is 0.358. The van der Waals surface area contributed by atoms with Crippen LogP contribution in [0.4, 0.5) is 0 Å². The Morgan fingerprint density at radius 2 is 1.19 bits per heavy atom. The van der Waals surface area contributed by atoms with Gasteiger partial charge in [-0.2, -0.15) is 0 Å². The van der Waals surface area contributed by atoms with Crippen LogP contribution in [0, 0.1) is 0 Å². The van der Waals surface area contributed by atoms with Gasteiger partial charge >= 0.3 is 0 Å². The fourth-order valence-electron chi connectivity index (χ4n) is 1.77. The van der Waals surface area contributed by atoms with E-state index in [4.69, 9.17) is 0 Å². The van der Waals surface area contributed by atoms with Crippen molar-refractivity contribution in [2.45, 2.75) is 11.0 Å². The Labute approximate surface area is 105 Å². The van der Waals surface area contributed by atoms with Crippen molar-refractivity contribution < 1.29 is 0 Å². The van der Waals surface area contributed by atoms with Crippen molar-refractivity contribution in [3.63, 3.8) is 0 Å². The van der Waals surface area contributed by atoms with Crippen LogP contribution in [0.2, 0.25) is 0 Å². The van der Waals surface area contributed by atoms with Crippen molar-refractivity contribution in [3.05, 3.63) is 0 Å². The summed E-state index contributed by atoms with van der Waals surface area (Å²) >= 11 is 0. The molecular formula is C8H20N6S2. The summed E-state index contributed by atoms with van der Waals surface area (Å²) in [5.74, 6) is 0. The van der Waals surface area contributed by atoms with E-state index in [1.807, 2.05) is 21.6 Å². The summed E-state index contributed by atoms with van der Waals surface area (Å²) < 4.78 is 0. The lowest BCUT2D eigenvalue weighted by Crippen LogP contribution is -2.35. The highest BCUT2D eigenvalue weighted by atomic mass is 33.1. The zero-order valence-electron chi connectivity index (χ0n) is 10.2. The van der Waals surface area contributed by atoms with Gasteiger partial charge in [-0.3, -0.25) is 9.80 Å². The predicted molar refractivity (Wildman–Crippen MR) is 69.8 cm³/mol. The van der Waals surface area contributed by atoms with Gasteiger partial charge in [-0.1, -0.05) is 21.6 Å². The van der Waals surface area contributed by atoms with E-state index in [-0.39, 0.29) is 0 Å². The van der Waals surface area contributed by atoms with E-state index in [0.717, 1.165) is 13.3 Å². The second kappa shape index (κ2) is 5.40. The van der Waals surface area contributed by atoms with Crippen LogP contribution in [0.1, 0.15) is 0 Å². The molecular weight excluding hydrogens is 244 g/mol. The molecule has 2 aliphatic heterocycles. The molecule has 0 aromatic carbocycles. The first kappa shape index (κ1) is 12.9. The average molecular weight is 264 g/mol. The predicted octanol–water partition coefficient (Wildman–Crippen LogP) is -0.386. The first-order valence-electron chi connectivity index (χ1n) is 5.23. The average Bonchev–Trinajstić information content (AvgIpc) is 2.66. The van der Waals surface area contributed by atoms with Crippen molar-refractivity contribution in [2.24, 2.45) is 0 Å². The lowest BCUT2D eigenvalue weighted by atomic mass is 10.8. The third kappa shape index (κ3) is 3.02. The minimum Gasteiger partial charge on any atom is -0.267 e. The Morgan fingerprint density at radius 1 is 0.812 bits per heavy atom. The van der Waals surface area contributed by atoms with Gasteiger partial charge in [0.2, 0.25) is 0 Å². The number of hydrogen-bond acceptors (Lipinski definition) is 8. The van der Waals surface area contributed by atoms with Gasteiger partial charge in [0, 0.05) is 14.1 Å². The van der Waals surface area contributed by atoms with E-state index in [1.54, 1.807) is 0 Å². The van der Waals surface area contributed by atoms with Gasteiger partial charge in [0.1, 0.15) is 11.0 Å². The number of nitrogens with one attached hydrogen (secondary N) is 2. The molecule has 2 heterocycles. The molecule has 94 valence electrons. The van der Waals surface area contributed by atoms with E-state index in [1.165, 1.54) is 0 Å². The first-order valence-corrected chi connectivity index (χ1v) is 7.51. The van der Waals surface area contributed by atoms with Gasteiger partial charge in [0.15, 0.2) is 0 Å². The molecule has 0 bridgehead atoms. The monoisotopic (exact) mass is 264 g/mol. The van der Waals surface area contributed by atoms with Gasteiger partial charge in [-0.05, 0) is 14.1 Å². The second-order valence-corrected chi connectivity index (χ2v) is 6.78. The molecule has 2 unspecified atom stereocenters. The summed E-state index contributed by atoms with van der Waals surface area (Å²) in [6.45, 7) is 1.93. The maximum Gasteiger partial charge on any atom is 0.132 e. The zero-order valence-corrected chi connectivity index (χ0v) is 11.8. The smallest absolute Gasteiger partial charge is 0.132 e. The molecule has 0 amide bonds. The largest absolute Gasteiger partial charge is 0.267 e. The van der Waals surface area contributed by atoms with E-state index in [9.17, 15) is 0 Å². The lowest BCUT2D eigenvalue weighted by Gasteiger charge is -2.21. The molecule has 2 rings (SSSR count). The number of nitrogens with zero attached hydrogens (tertiary/aromatic N) is 4. The van der Waals surface area contributed by atoms with Crippen LogP contribution in [0.3, 0.4) is 0 Å². The van der Waals surface area contributed by atoms with Crippen LogP contribution in [0.25, 0.3) is 0 Å². The highest BCUT2D eigenvalue weighted by Crippen LogP contribution is 2.34. The van der Waals surface area contributed by atoms with Crippen molar-refractivity contribution >= 4 is 21.6 Å². The molecule has 8 heteroatoms. The van der Waals surface area contributed by atoms with Crippen LogP contribution in [0.15, 0.2) is 0 Å². The van der Waals surface area contributed by atoms with E-state index in [2.05, 4.69) is 58.9 Å². The van der Waals surface area contributed by atoms with E-state index >= 15 is 0 Å². The molecule has 2 aliphatic rings. The highest BCUT2D eigenvalue weighted by Gasteiger charge is 2.29. The first-order chi connectivity index (χ1) is 7.56. The van der Waals surface area contributed by atoms with Gasteiger partial charge < -0.3 is 0 Å². The summed E-state index contributed by atoms with van der Waals surface area (Å²) in [6.07, 6.45) is 0. The van der Waals surface area contributed by atoms with Gasteiger partial charge in [0.25, 0.3) is 0 Å². The molecule has 6 nitrogen and oxygen atoms in total. The van der Waals surface area contributed by atoms with Crippen molar-refractivity contribution in [3.8, 4) is 0 Å². The van der Waals surface area contributed by atoms with Crippen LogP contribution < -0.4 is 10.9 Å². The van der Waals surface area contributed by atoms with Crippen LogP contribution in [-0.4, -0.2) is 72.3 Å². The molecule has 2 N–H and O–H groups in total. The van der Waals surface area contributed by atoms with Crippen LogP contribution in [-0.2, 0) is 0 Å². The molecule has 2 saturated heterocycles. The fourth-order valence-corrected chi connectivity index (χ4v) is 4.62. The number of rotatable bonds is 3. The Bertz CT molecular complexity index is 219.